The third-order valence-electron chi connectivity index (χ3n) is 2.33. The van der Waals surface area contributed by atoms with Crippen LogP contribution in [0.25, 0.3) is 0 Å². The van der Waals surface area contributed by atoms with Crippen molar-refractivity contribution < 1.29 is 14.5 Å². The van der Waals surface area contributed by atoms with Gasteiger partial charge in [-0.2, -0.15) is 0 Å². The van der Waals surface area contributed by atoms with Crippen LogP contribution in [0.4, 0.5) is 17.3 Å². The molecule has 21 heavy (non-hydrogen) atoms. The molecule has 0 spiro atoms. The van der Waals surface area contributed by atoms with Crippen LogP contribution < -0.4 is 10.6 Å². The number of nitrogens with one attached hydrogen (secondary N) is 2. The van der Waals surface area contributed by atoms with Gasteiger partial charge in [0.15, 0.2) is 0 Å². The van der Waals surface area contributed by atoms with Crippen LogP contribution >= 0.6 is 0 Å². The zero-order valence-electron chi connectivity index (χ0n) is 10.5. The third kappa shape index (κ3) is 3.80. The van der Waals surface area contributed by atoms with E-state index in [2.05, 4.69) is 20.6 Å². The highest BCUT2D eigenvalue weighted by atomic mass is 16.6. The van der Waals surface area contributed by atoms with E-state index in [4.69, 9.17) is 0 Å². The molecule has 1 heterocycles. The van der Waals surface area contributed by atoms with Gasteiger partial charge >= 0.3 is 11.8 Å². The molecule has 0 atom stereocenters. The van der Waals surface area contributed by atoms with E-state index < -0.39 is 16.7 Å². The van der Waals surface area contributed by atoms with Crippen molar-refractivity contribution in [2.45, 2.75) is 0 Å². The Kier molecular flexibility index (Phi) is 4.14. The fraction of sp³-hybridized carbons (Fsp3) is 0. The van der Waals surface area contributed by atoms with E-state index in [0.29, 0.717) is 0 Å². The summed E-state index contributed by atoms with van der Waals surface area (Å²) in [6.45, 7) is 0. The molecule has 0 unspecified atom stereocenters. The van der Waals surface area contributed by atoms with Gasteiger partial charge in [-0.15, -0.1) is 0 Å². The average Bonchev–Trinajstić information content (AvgIpc) is 2.48. The summed E-state index contributed by atoms with van der Waals surface area (Å²) in [5.41, 5.74) is 0.143. The molecule has 106 valence electrons. The molecule has 2 amide bonds. The smallest absolute Gasteiger partial charge is 0.316 e. The van der Waals surface area contributed by atoms with Gasteiger partial charge in [-0.3, -0.25) is 25.0 Å². The third-order valence-corrected chi connectivity index (χ3v) is 2.33. The van der Waals surface area contributed by atoms with Crippen LogP contribution in [-0.2, 0) is 9.59 Å². The molecule has 0 aliphatic heterocycles. The molecule has 0 saturated heterocycles. The lowest BCUT2D eigenvalue weighted by molar-refractivity contribution is -0.384. The maximum Gasteiger partial charge on any atom is 0.316 e. The predicted molar refractivity (Wildman–Crippen MR) is 72.4 cm³/mol. The Balaban J connectivity index is 1.97. The van der Waals surface area contributed by atoms with Crippen LogP contribution in [0.1, 0.15) is 0 Å². The molecule has 0 radical (unpaired) electrons. The maximum absolute atomic E-state index is 11.6. The van der Waals surface area contributed by atoms with Crippen molar-refractivity contribution in [3.8, 4) is 0 Å². The minimum absolute atomic E-state index is 0.00125. The molecule has 2 rings (SSSR count). The second-order valence-corrected chi connectivity index (χ2v) is 3.78. The van der Waals surface area contributed by atoms with Crippen LogP contribution in [-0.4, -0.2) is 26.7 Å². The number of nitro groups is 1. The van der Waals surface area contributed by atoms with E-state index in [9.17, 15) is 19.7 Å². The van der Waals surface area contributed by atoms with E-state index in [1.807, 2.05) is 0 Å². The van der Waals surface area contributed by atoms with Gasteiger partial charge in [0.05, 0.1) is 4.92 Å². The van der Waals surface area contributed by atoms with Crippen LogP contribution in [0.15, 0.2) is 42.7 Å². The molecule has 2 N–H and O–H groups in total. The van der Waals surface area contributed by atoms with Crippen LogP contribution in [0.2, 0.25) is 0 Å². The standard InChI is InChI=1S/C12H9N5O4/c18-10(11(19)16-12-13-6-1-7-14-12)15-8-2-4-9(5-3-8)17(20)21/h1-7H,(H,15,18)(H,13,14,16,19). The molecule has 0 bridgehead atoms. The number of amides is 2. The lowest BCUT2D eigenvalue weighted by Crippen LogP contribution is -2.29. The van der Waals surface area contributed by atoms with Crippen LogP contribution in [0, 0.1) is 10.1 Å². The largest absolute Gasteiger partial charge is 0.318 e. The number of hydrogen-bond acceptors (Lipinski definition) is 6. The van der Waals surface area contributed by atoms with Gasteiger partial charge in [-0.25, -0.2) is 9.97 Å². The van der Waals surface area contributed by atoms with Crippen molar-refractivity contribution in [1.82, 2.24) is 9.97 Å². The van der Waals surface area contributed by atoms with Gasteiger partial charge in [0, 0.05) is 30.2 Å². The second kappa shape index (κ2) is 6.19. The predicted octanol–water partition coefficient (Wildman–Crippen LogP) is 0.962. The Morgan fingerprint density at radius 3 is 2.14 bits per heavy atom. The number of nitrogens with zero attached hydrogens (tertiary/aromatic N) is 3. The van der Waals surface area contributed by atoms with Crippen molar-refractivity contribution in [3.63, 3.8) is 0 Å². The van der Waals surface area contributed by atoms with Crippen molar-refractivity contribution >= 4 is 29.1 Å². The fourth-order valence-corrected chi connectivity index (χ4v) is 1.38. The first kappa shape index (κ1) is 14.1. The zero-order valence-corrected chi connectivity index (χ0v) is 10.5. The minimum atomic E-state index is -0.945. The number of anilines is 2. The lowest BCUT2D eigenvalue weighted by Gasteiger charge is -2.05. The Morgan fingerprint density at radius 2 is 1.57 bits per heavy atom. The van der Waals surface area contributed by atoms with E-state index in [-0.39, 0.29) is 17.3 Å². The maximum atomic E-state index is 11.6. The Bertz CT molecular complexity index is 672. The summed E-state index contributed by atoms with van der Waals surface area (Å²) in [7, 11) is 0. The zero-order chi connectivity index (χ0) is 15.2. The van der Waals surface area contributed by atoms with Gasteiger partial charge in [0.2, 0.25) is 5.95 Å². The van der Waals surface area contributed by atoms with Crippen molar-refractivity contribution in [3.05, 3.63) is 52.8 Å². The molecule has 9 heteroatoms. The first-order chi connectivity index (χ1) is 10.1. The second-order valence-electron chi connectivity index (χ2n) is 3.78. The van der Waals surface area contributed by atoms with Gasteiger partial charge in [-0.05, 0) is 18.2 Å². The van der Waals surface area contributed by atoms with Crippen LogP contribution in [0.3, 0.4) is 0 Å². The number of carbonyl (C=O) groups is 2. The summed E-state index contributed by atoms with van der Waals surface area (Å²) in [5.74, 6) is -1.88. The van der Waals surface area contributed by atoms with Gasteiger partial charge in [-0.1, -0.05) is 0 Å². The van der Waals surface area contributed by atoms with Crippen molar-refractivity contribution in [2.24, 2.45) is 0 Å². The summed E-state index contributed by atoms with van der Waals surface area (Å²) >= 11 is 0. The molecule has 0 fully saturated rings. The molecule has 1 aromatic heterocycles. The summed E-state index contributed by atoms with van der Waals surface area (Å²) in [6, 6.07) is 6.64. The lowest BCUT2D eigenvalue weighted by atomic mass is 10.3. The summed E-state index contributed by atoms with van der Waals surface area (Å²) < 4.78 is 0. The molecule has 2 aromatic rings. The number of nitro benzene ring substituents is 1. The molecule has 0 aliphatic rings. The first-order valence-electron chi connectivity index (χ1n) is 5.70. The summed E-state index contributed by atoms with van der Waals surface area (Å²) in [6.07, 6.45) is 2.83. The number of non-ortho nitro benzene ring substituents is 1. The number of hydrogen-bond donors (Lipinski definition) is 2. The highest BCUT2D eigenvalue weighted by Crippen LogP contribution is 2.15. The van der Waals surface area contributed by atoms with E-state index in [1.165, 1.54) is 36.7 Å². The number of benzene rings is 1. The molecule has 9 nitrogen and oxygen atoms in total. The minimum Gasteiger partial charge on any atom is -0.318 e. The Hall–Kier alpha value is -3.36. The normalized spacial score (nSPS) is 9.71. The monoisotopic (exact) mass is 287 g/mol. The van der Waals surface area contributed by atoms with E-state index in [0.717, 1.165) is 0 Å². The van der Waals surface area contributed by atoms with E-state index >= 15 is 0 Å². The molecular formula is C12H9N5O4. The van der Waals surface area contributed by atoms with Crippen molar-refractivity contribution in [2.75, 3.05) is 10.6 Å². The quantitative estimate of drug-likeness (QED) is 0.491. The van der Waals surface area contributed by atoms with Crippen LogP contribution in [0.5, 0.6) is 0 Å². The van der Waals surface area contributed by atoms with Gasteiger partial charge < -0.3 is 5.32 Å². The topological polar surface area (TPSA) is 127 Å². The molecule has 0 saturated carbocycles. The summed E-state index contributed by atoms with van der Waals surface area (Å²) in [4.78, 5) is 40.6. The van der Waals surface area contributed by atoms with Gasteiger partial charge in [0.1, 0.15) is 0 Å². The summed E-state index contributed by atoms with van der Waals surface area (Å²) in [5, 5.41) is 15.0. The number of rotatable bonds is 3. The molecular weight excluding hydrogens is 278 g/mol. The number of aromatic nitrogens is 2. The first-order valence-corrected chi connectivity index (χ1v) is 5.70. The Labute approximate surface area is 118 Å². The van der Waals surface area contributed by atoms with Crippen molar-refractivity contribution in [1.29, 1.82) is 0 Å². The highest BCUT2D eigenvalue weighted by molar-refractivity contribution is 6.43. The van der Waals surface area contributed by atoms with E-state index in [1.54, 1.807) is 6.07 Å². The fourth-order valence-electron chi connectivity index (χ4n) is 1.38. The molecule has 1 aromatic carbocycles. The Morgan fingerprint density at radius 1 is 1.00 bits per heavy atom. The molecule has 0 aliphatic carbocycles. The highest BCUT2D eigenvalue weighted by Gasteiger charge is 2.15. The SMILES string of the molecule is O=C(Nc1ccc([N+](=O)[O-])cc1)C(=O)Nc1ncccn1. The number of carbonyl (C=O) groups excluding carboxylic acids is 2. The average molecular weight is 287 g/mol. The van der Waals surface area contributed by atoms with Gasteiger partial charge in [0.25, 0.3) is 5.69 Å².